The summed E-state index contributed by atoms with van der Waals surface area (Å²) in [5, 5.41) is 3.06. The van der Waals surface area contributed by atoms with E-state index in [1.54, 1.807) is 12.4 Å². The Labute approximate surface area is 165 Å². The molecule has 1 aliphatic carbocycles. The summed E-state index contributed by atoms with van der Waals surface area (Å²) in [7, 11) is 0. The van der Waals surface area contributed by atoms with Gasteiger partial charge in [-0.1, -0.05) is 0 Å². The summed E-state index contributed by atoms with van der Waals surface area (Å²) in [4.78, 5) is 30.8. The number of hydrogen-bond donors (Lipinski definition) is 1. The third-order valence-electron chi connectivity index (χ3n) is 5.91. The van der Waals surface area contributed by atoms with E-state index >= 15 is 0 Å². The number of hydrogen-bond acceptors (Lipinski definition) is 4. The Bertz CT molecular complexity index is 890. The van der Waals surface area contributed by atoms with E-state index in [9.17, 15) is 9.59 Å². The third kappa shape index (κ3) is 3.84. The number of carbonyl (C=O) groups excluding carboxylic acids is 2. The number of fused-ring (bicyclic) bond motifs is 1. The number of amides is 2. The van der Waals surface area contributed by atoms with Crippen LogP contribution in [-0.4, -0.2) is 51.5 Å². The van der Waals surface area contributed by atoms with Gasteiger partial charge in [0.05, 0.1) is 5.56 Å². The SMILES string of the molecule is CC(C)(C)OC(=O)N1CCC2(CC1)CC2CNC(=O)c1cnc2cccn2c1. The summed E-state index contributed by atoms with van der Waals surface area (Å²) in [5.41, 5.74) is 1.21. The summed E-state index contributed by atoms with van der Waals surface area (Å²) < 4.78 is 7.31. The molecule has 1 N–H and O–H groups in total. The number of nitrogens with one attached hydrogen (secondary N) is 1. The number of nitrogens with zero attached hydrogens (tertiary/aromatic N) is 3. The molecule has 1 spiro atoms. The maximum atomic E-state index is 12.5. The van der Waals surface area contributed by atoms with E-state index in [2.05, 4.69) is 10.3 Å². The van der Waals surface area contributed by atoms with Crippen LogP contribution in [-0.2, 0) is 4.74 Å². The summed E-state index contributed by atoms with van der Waals surface area (Å²) in [6.45, 7) is 7.80. The minimum atomic E-state index is -0.461. The number of rotatable bonds is 3. The highest BCUT2D eigenvalue weighted by Gasteiger charge is 2.55. The molecule has 1 aliphatic heterocycles. The number of aromatic nitrogens is 2. The van der Waals surface area contributed by atoms with Gasteiger partial charge in [0, 0.05) is 38.2 Å². The van der Waals surface area contributed by atoms with Crippen LogP contribution in [0.4, 0.5) is 4.79 Å². The van der Waals surface area contributed by atoms with Gasteiger partial charge in [-0.2, -0.15) is 0 Å². The molecule has 2 aromatic heterocycles. The molecule has 1 saturated carbocycles. The van der Waals surface area contributed by atoms with Crippen LogP contribution in [0.25, 0.3) is 5.65 Å². The minimum absolute atomic E-state index is 0.0867. The average Bonchev–Trinajstić information content (AvgIpc) is 3.09. The molecule has 7 nitrogen and oxygen atoms in total. The fourth-order valence-electron chi connectivity index (χ4n) is 4.15. The lowest BCUT2D eigenvalue weighted by Crippen LogP contribution is -2.43. The van der Waals surface area contributed by atoms with Crippen molar-refractivity contribution < 1.29 is 14.3 Å². The Hall–Kier alpha value is -2.57. The first-order chi connectivity index (χ1) is 13.3. The van der Waals surface area contributed by atoms with Gasteiger partial charge >= 0.3 is 6.09 Å². The second kappa shape index (κ2) is 6.79. The first kappa shape index (κ1) is 18.8. The van der Waals surface area contributed by atoms with Crippen LogP contribution in [0.2, 0.25) is 0 Å². The van der Waals surface area contributed by atoms with Crippen LogP contribution in [0.5, 0.6) is 0 Å². The number of carbonyl (C=O) groups is 2. The molecule has 1 atom stereocenters. The summed E-state index contributed by atoms with van der Waals surface area (Å²) >= 11 is 0. The van der Waals surface area contributed by atoms with Crippen molar-refractivity contribution >= 4 is 17.6 Å². The molecule has 2 aromatic rings. The molecule has 1 saturated heterocycles. The molecule has 2 amide bonds. The van der Waals surface area contributed by atoms with Gasteiger partial charge in [-0.15, -0.1) is 0 Å². The molecule has 150 valence electrons. The number of ether oxygens (including phenoxy) is 1. The molecule has 4 rings (SSSR count). The van der Waals surface area contributed by atoms with Crippen LogP contribution in [0, 0.1) is 11.3 Å². The van der Waals surface area contributed by atoms with Gasteiger partial charge in [-0.3, -0.25) is 4.79 Å². The van der Waals surface area contributed by atoms with E-state index in [1.165, 1.54) is 0 Å². The zero-order valence-electron chi connectivity index (χ0n) is 16.8. The lowest BCUT2D eigenvalue weighted by Gasteiger charge is -2.34. The number of likely N-dealkylation sites (tertiary alicyclic amines) is 1. The average molecular weight is 384 g/mol. The van der Waals surface area contributed by atoms with Crippen molar-refractivity contribution in [3.05, 3.63) is 36.3 Å². The molecule has 3 heterocycles. The van der Waals surface area contributed by atoms with Gasteiger partial charge in [0.2, 0.25) is 0 Å². The fourth-order valence-corrected chi connectivity index (χ4v) is 4.15. The van der Waals surface area contributed by atoms with E-state index < -0.39 is 5.60 Å². The fraction of sp³-hybridized carbons (Fsp3) is 0.571. The molecule has 2 aliphatic rings. The Morgan fingerprint density at radius 3 is 2.79 bits per heavy atom. The zero-order chi connectivity index (χ0) is 19.9. The van der Waals surface area contributed by atoms with Crippen molar-refractivity contribution in [2.75, 3.05) is 19.6 Å². The lowest BCUT2D eigenvalue weighted by molar-refractivity contribution is 0.0165. The minimum Gasteiger partial charge on any atom is -0.444 e. The Morgan fingerprint density at radius 1 is 1.32 bits per heavy atom. The smallest absolute Gasteiger partial charge is 0.410 e. The van der Waals surface area contributed by atoms with E-state index in [0.29, 0.717) is 18.0 Å². The monoisotopic (exact) mass is 384 g/mol. The van der Waals surface area contributed by atoms with Gasteiger partial charge in [0.15, 0.2) is 0 Å². The maximum absolute atomic E-state index is 12.5. The lowest BCUT2D eigenvalue weighted by atomic mass is 9.91. The largest absolute Gasteiger partial charge is 0.444 e. The second-order valence-corrected chi connectivity index (χ2v) is 9.06. The molecule has 2 fully saturated rings. The van der Waals surface area contributed by atoms with Crippen LogP contribution in [0.15, 0.2) is 30.7 Å². The van der Waals surface area contributed by atoms with Crippen LogP contribution >= 0.6 is 0 Å². The van der Waals surface area contributed by atoms with Crippen LogP contribution < -0.4 is 5.32 Å². The van der Waals surface area contributed by atoms with Crippen LogP contribution in [0.1, 0.15) is 50.4 Å². The predicted molar refractivity (Wildman–Crippen MR) is 105 cm³/mol. The van der Waals surface area contributed by atoms with Gasteiger partial charge in [0.25, 0.3) is 5.91 Å². The third-order valence-corrected chi connectivity index (χ3v) is 5.91. The van der Waals surface area contributed by atoms with Crippen molar-refractivity contribution in [2.45, 2.75) is 45.6 Å². The highest BCUT2D eigenvalue weighted by molar-refractivity contribution is 5.93. The van der Waals surface area contributed by atoms with E-state index in [-0.39, 0.29) is 17.4 Å². The normalized spacial score (nSPS) is 21.0. The highest BCUT2D eigenvalue weighted by Crippen LogP contribution is 2.59. The van der Waals surface area contributed by atoms with Gasteiger partial charge in [0.1, 0.15) is 11.2 Å². The molecule has 0 bridgehead atoms. The molecule has 0 radical (unpaired) electrons. The first-order valence-corrected chi connectivity index (χ1v) is 9.95. The summed E-state index contributed by atoms with van der Waals surface area (Å²) in [5.74, 6) is 0.400. The van der Waals surface area contributed by atoms with Crippen molar-refractivity contribution in [1.82, 2.24) is 19.6 Å². The molecular weight excluding hydrogens is 356 g/mol. The molecule has 28 heavy (non-hydrogen) atoms. The summed E-state index contributed by atoms with van der Waals surface area (Å²) in [6, 6.07) is 3.81. The topological polar surface area (TPSA) is 75.9 Å². The molecule has 0 aromatic carbocycles. The summed E-state index contributed by atoms with van der Waals surface area (Å²) in [6.07, 6.45) is 8.15. The second-order valence-electron chi connectivity index (χ2n) is 9.06. The van der Waals surface area contributed by atoms with E-state index in [4.69, 9.17) is 4.74 Å². The zero-order valence-corrected chi connectivity index (χ0v) is 16.8. The van der Waals surface area contributed by atoms with Gasteiger partial charge < -0.3 is 19.4 Å². The highest BCUT2D eigenvalue weighted by atomic mass is 16.6. The van der Waals surface area contributed by atoms with E-state index in [1.807, 2.05) is 48.4 Å². The van der Waals surface area contributed by atoms with Crippen molar-refractivity contribution in [1.29, 1.82) is 0 Å². The first-order valence-electron chi connectivity index (χ1n) is 9.95. The maximum Gasteiger partial charge on any atom is 0.410 e. The van der Waals surface area contributed by atoms with Crippen LogP contribution in [0.3, 0.4) is 0 Å². The van der Waals surface area contributed by atoms with Crippen molar-refractivity contribution in [3.8, 4) is 0 Å². The molecule has 7 heteroatoms. The van der Waals surface area contributed by atoms with Crippen molar-refractivity contribution in [3.63, 3.8) is 0 Å². The Morgan fingerprint density at radius 2 is 2.07 bits per heavy atom. The quantitative estimate of drug-likeness (QED) is 0.882. The van der Waals surface area contributed by atoms with Crippen molar-refractivity contribution in [2.24, 2.45) is 11.3 Å². The van der Waals surface area contributed by atoms with E-state index in [0.717, 1.165) is 38.0 Å². The van der Waals surface area contributed by atoms with Gasteiger partial charge in [-0.05, 0) is 63.5 Å². The standard InChI is InChI=1S/C21H28N4O3/c1-20(2,3)28-19(27)24-9-6-21(7-10-24)11-16(21)13-23-18(26)15-12-22-17-5-4-8-25(17)14-15/h4-5,8,12,14,16H,6-7,9-11,13H2,1-3H3,(H,23,26). The molecular formula is C21H28N4O3. The Kier molecular flexibility index (Phi) is 4.56. The Balaban J connectivity index is 1.26. The number of piperidine rings is 1. The van der Waals surface area contributed by atoms with Gasteiger partial charge in [-0.25, -0.2) is 9.78 Å². The predicted octanol–water partition coefficient (Wildman–Crippen LogP) is 3.10. The molecule has 1 unspecified atom stereocenters.